The molecule has 2 N–H and O–H groups in total. The standard InChI is InChI=1S/C19H14N2O4S2/c22-16(20-14-8-4-7-13(10-14)18(23)24)11-21-17(26)15(27-19(21)25)9-12-5-2-1-3-6-12/h1-10H,11H2,(H,20,22)(H,23,24)/b15-9+. The first kappa shape index (κ1) is 18.8. The zero-order valence-electron chi connectivity index (χ0n) is 13.9. The number of amides is 2. The summed E-state index contributed by atoms with van der Waals surface area (Å²) in [4.78, 5) is 37.6. The van der Waals surface area contributed by atoms with E-state index in [1.165, 1.54) is 23.1 Å². The van der Waals surface area contributed by atoms with E-state index in [4.69, 9.17) is 17.3 Å². The SMILES string of the molecule is O=C(CN1C(=O)S/C(=C/c2ccccc2)C1=S)Nc1cccc(C(=O)O)c1. The minimum atomic E-state index is -1.09. The third-order valence-corrected chi connectivity index (χ3v) is 5.16. The number of rotatable bonds is 5. The summed E-state index contributed by atoms with van der Waals surface area (Å²) in [6.07, 6.45) is 1.80. The van der Waals surface area contributed by atoms with Crippen LogP contribution in [0.3, 0.4) is 0 Å². The van der Waals surface area contributed by atoms with Gasteiger partial charge in [0.25, 0.3) is 5.24 Å². The first-order chi connectivity index (χ1) is 12.9. The maximum Gasteiger partial charge on any atom is 0.335 e. The van der Waals surface area contributed by atoms with Crippen LogP contribution in [0.4, 0.5) is 10.5 Å². The zero-order valence-corrected chi connectivity index (χ0v) is 15.5. The van der Waals surface area contributed by atoms with E-state index in [0.29, 0.717) is 15.6 Å². The second-order valence-electron chi connectivity index (χ2n) is 5.61. The molecule has 2 amide bonds. The van der Waals surface area contributed by atoms with Gasteiger partial charge < -0.3 is 10.4 Å². The number of benzene rings is 2. The molecule has 2 aromatic carbocycles. The molecule has 2 aromatic rings. The number of thioether (sulfide) groups is 1. The maximum atomic E-state index is 12.3. The van der Waals surface area contributed by atoms with Crippen molar-refractivity contribution < 1.29 is 19.5 Å². The summed E-state index contributed by atoms with van der Waals surface area (Å²) >= 11 is 6.31. The smallest absolute Gasteiger partial charge is 0.335 e. The highest BCUT2D eigenvalue weighted by Gasteiger charge is 2.33. The van der Waals surface area contributed by atoms with E-state index >= 15 is 0 Å². The predicted molar refractivity (Wildman–Crippen MR) is 109 cm³/mol. The second-order valence-corrected chi connectivity index (χ2v) is 6.99. The van der Waals surface area contributed by atoms with Crippen molar-refractivity contribution in [1.29, 1.82) is 0 Å². The lowest BCUT2D eigenvalue weighted by atomic mass is 10.2. The Bertz CT molecular complexity index is 957. The average molecular weight is 398 g/mol. The molecule has 0 bridgehead atoms. The molecule has 6 nitrogen and oxygen atoms in total. The topological polar surface area (TPSA) is 86.7 Å². The Balaban J connectivity index is 1.68. The van der Waals surface area contributed by atoms with Crippen LogP contribution in [0.1, 0.15) is 15.9 Å². The minimum absolute atomic E-state index is 0.0594. The average Bonchev–Trinajstić information content (AvgIpc) is 2.90. The molecular formula is C19H14N2O4S2. The van der Waals surface area contributed by atoms with Gasteiger partial charge in [0.2, 0.25) is 5.91 Å². The van der Waals surface area contributed by atoms with Crippen LogP contribution in [0.5, 0.6) is 0 Å². The fraction of sp³-hybridized carbons (Fsp3) is 0.0526. The van der Waals surface area contributed by atoms with Crippen LogP contribution >= 0.6 is 24.0 Å². The van der Waals surface area contributed by atoms with E-state index < -0.39 is 11.9 Å². The summed E-state index contributed by atoms with van der Waals surface area (Å²) in [5, 5.41) is 11.3. The van der Waals surface area contributed by atoms with Gasteiger partial charge in [-0.3, -0.25) is 14.5 Å². The van der Waals surface area contributed by atoms with Crippen LogP contribution in [0.15, 0.2) is 59.5 Å². The van der Waals surface area contributed by atoms with Crippen molar-refractivity contribution in [2.45, 2.75) is 0 Å². The molecule has 1 heterocycles. The molecule has 1 aliphatic rings. The lowest BCUT2D eigenvalue weighted by molar-refractivity contribution is -0.116. The van der Waals surface area contributed by atoms with E-state index in [-0.39, 0.29) is 17.3 Å². The van der Waals surface area contributed by atoms with E-state index in [9.17, 15) is 14.4 Å². The van der Waals surface area contributed by atoms with E-state index in [2.05, 4.69) is 5.32 Å². The highest BCUT2D eigenvalue weighted by atomic mass is 32.2. The number of carbonyl (C=O) groups excluding carboxylic acids is 2. The van der Waals surface area contributed by atoms with Crippen molar-refractivity contribution in [1.82, 2.24) is 4.90 Å². The summed E-state index contributed by atoms with van der Waals surface area (Å²) in [7, 11) is 0. The minimum Gasteiger partial charge on any atom is -0.478 e. The fourth-order valence-corrected chi connectivity index (χ4v) is 3.65. The molecule has 136 valence electrons. The molecule has 27 heavy (non-hydrogen) atoms. The van der Waals surface area contributed by atoms with Crippen molar-refractivity contribution in [2.24, 2.45) is 0 Å². The van der Waals surface area contributed by atoms with Crippen molar-refractivity contribution in [3.63, 3.8) is 0 Å². The largest absolute Gasteiger partial charge is 0.478 e. The van der Waals surface area contributed by atoms with Crippen molar-refractivity contribution in [3.8, 4) is 0 Å². The molecule has 1 aliphatic heterocycles. The Kier molecular flexibility index (Phi) is 5.68. The number of nitrogens with zero attached hydrogens (tertiary/aromatic N) is 1. The van der Waals surface area contributed by atoms with Gasteiger partial charge in [-0.05, 0) is 41.6 Å². The van der Waals surface area contributed by atoms with Crippen LogP contribution in [0.2, 0.25) is 0 Å². The van der Waals surface area contributed by atoms with Gasteiger partial charge in [0.05, 0.1) is 10.5 Å². The highest BCUT2D eigenvalue weighted by molar-refractivity contribution is 8.19. The molecule has 0 radical (unpaired) electrons. The molecular weight excluding hydrogens is 384 g/mol. The Morgan fingerprint density at radius 3 is 2.59 bits per heavy atom. The first-order valence-electron chi connectivity index (χ1n) is 7.87. The molecule has 1 fully saturated rings. The summed E-state index contributed by atoms with van der Waals surface area (Å²) < 4.78 is 0. The molecule has 0 spiro atoms. The summed E-state index contributed by atoms with van der Waals surface area (Å²) in [6.45, 7) is -0.242. The third kappa shape index (κ3) is 4.60. The molecule has 0 unspecified atom stereocenters. The third-order valence-electron chi connectivity index (χ3n) is 3.67. The number of carboxylic acids is 1. The van der Waals surface area contributed by atoms with Crippen molar-refractivity contribution in [3.05, 3.63) is 70.6 Å². The molecule has 0 aromatic heterocycles. The van der Waals surface area contributed by atoms with Gasteiger partial charge >= 0.3 is 5.97 Å². The first-order valence-corrected chi connectivity index (χ1v) is 9.10. The lowest BCUT2D eigenvalue weighted by Gasteiger charge is -2.14. The lowest BCUT2D eigenvalue weighted by Crippen LogP contribution is -2.35. The molecule has 3 rings (SSSR count). The second kappa shape index (κ2) is 8.15. The predicted octanol–water partition coefficient (Wildman–Crippen LogP) is 3.86. The fourth-order valence-electron chi connectivity index (χ4n) is 2.41. The van der Waals surface area contributed by atoms with Crippen LogP contribution in [-0.4, -0.2) is 38.7 Å². The van der Waals surface area contributed by atoms with Gasteiger partial charge in [-0.15, -0.1) is 0 Å². The van der Waals surface area contributed by atoms with Gasteiger partial charge in [-0.25, -0.2) is 4.79 Å². The van der Waals surface area contributed by atoms with Crippen LogP contribution in [0, 0.1) is 0 Å². The Hall–Kier alpha value is -2.97. The number of hydrogen-bond donors (Lipinski definition) is 2. The van der Waals surface area contributed by atoms with Crippen LogP contribution in [0.25, 0.3) is 6.08 Å². The maximum absolute atomic E-state index is 12.3. The Morgan fingerprint density at radius 1 is 1.15 bits per heavy atom. The van der Waals surface area contributed by atoms with Gasteiger partial charge in [0.1, 0.15) is 11.5 Å². The molecule has 1 saturated heterocycles. The zero-order chi connectivity index (χ0) is 19.4. The highest BCUT2D eigenvalue weighted by Crippen LogP contribution is 2.33. The van der Waals surface area contributed by atoms with E-state index in [0.717, 1.165) is 17.3 Å². The Morgan fingerprint density at radius 2 is 1.89 bits per heavy atom. The normalized spacial score (nSPS) is 15.3. The number of carboxylic acid groups (broad SMARTS) is 1. The quantitative estimate of drug-likeness (QED) is 0.587. The van der Waals surface area contributed by atoms with Gasteiger partial charge in [-0.1, -0.05) is 48.6 Å². The Labute approximate surface area is 164 Å². The van der Waals surface area contributed by atoms with E-state index in [1.54, 1.807) is 12.1 Å². The number of carbonyl (C=O) groups is 3. The molecule has 0 saturated carbocycles. The van der Waals surface area contributed by atoms with E-state index in [1.807, 2.05) is 30.3 Å². The van der Waals surface area contributed by atoms with Gasteiger partial charge in [-0.2, -0.15) is 0 Å². The molecule has 0 atom stereocenters. The van der Waals surface area contributed by atoms with Crippen molar-refractivity contribution in [2.75, 3.05) is 11.9 Å². The monoisotopic (exact) mass is 398 g/mol. The van der Waals surface area contributed by atoms with Gasteiger partial charge in [0, 0.05) is 5.69 Å². The number of aromatic carboxylic acids is 1. The number of anilines is 1. The van der Waals surface area contributed by atoms with Gasteiger partial charge in [0.15, 0.2) is 0 Å². The number of hydrogen-bond acceptors (Lipinski definition) is 5. The summed E-state index contributed by atoms with van der Waals surface area (Å²) in [5.41, 5.74) is 1.31. The van der Waals surface area contributed by atoms with Crippen molar-refractivity contribution >= 4 is 57.8 Å². The summed E-state index contributed by atoms with van der Waals surface area (Å²) in [6, 6.07) is 15.3. The molecule has 0 aliphatic carbocycles. The summed E-state index contributed by atoms with van der Waals surface area (Å²) in [5.74, 6) is -1.55. The van der Waals surface area contributed by atoms with Crippen LogP contribution < -0.4 is 5.32 Å². The molecule has 8 heteroatoms. The number of thiocarbonyl (C=S) groups is 1. The number of nitrogens with one attached hydrogen (secondary N) is 1. The van der Waals surface area contributed by atoms with Crippen LogP contribution in [-0.2, 0) is 4.79 Å².